The molecule has 0 spiro atoms. The molecule has 0 aliphatic rings. The number of thioether (sulfide) groups is 2. The second kappa shape index (κ2) is 13.8. The van der Waals surface area contributed by atoms with Gasteiger partial charge in [0.15, 0.2) is 0 Å². The highest BCUT2D eigenvalue weighted by Crippen LogP contribution is 2.36. The van der Waals surface area contributed by atoms with Crippen LogP contribution in [0.4, 0.5) is 0 Å². The second-order valence-corrected chi connectivity index (χ2v) is 13.3. The smallest absolute Gasteiger partial charge is 0.137 e. The second-order valence-electron chi connectivity index (χ2n) is 8.30. The van der Waals surface area contributed by atoms with Crippen LogP contribution in [-0.4, -0.2) is 54.4 Å². The van der Waals surface area contributed by atoms with Gasteiger partial charge in [0.25, 0.3) is 0 Å². The van der Waals surface area contributed by atoms with Crippen molar-refractivity contribution in [1.82, 2.24) is 20.2 Å². The van der Waals surface area contributed by atoms with E-state index < -0.39 is 0 Å². The molecule has 0 bridgehead atoms. The molecule has 0 aliphatic carbocycles. The maximum absolute atomic E-state index is 12.3. The van der Waals surface area contributed by atoms with Gasteiger partial charge in [0.2, 0.25) is 0 Å². The highest BCUT2D eigenvalue weighted by Gasteiger charge is 2.29. The average Bonchev–Trinajstić information content (AvgIpc) is 3.41. The highest BCUT2D eigenvalue weighted by molar-refractivity contribution is 8.02. The first-order valence-electron chi connectivity index (χ1n) is 11.7. The molecule has 33 heavy (non-hydrogen) atoms. The van der Waals surface area contributed by atoms with E-state index in [2.05, 4.69) is 74.9 Å². The summed E-state index contributed by atoms with van der Waals surface area (Å²) < 4.78 is 2.20. The van der Waals surface area contributed by atoms with Crippen LogP contribution in [0.1, 0.15) is 53.3 Å². The van der Waals surface area contributed by atoms with Gasteiger partial charge in [-0.25, -0.2) is 4.98 Å². The maximum atomic E-state index is 12.3. The standard InChI is InChI=1S/C24H40N4OS3Si/c1-9-15(4)20(12-26-18(11-3)23(25-6)30-8)31-21(13-29)16(5)17(10-2)22-27-24-19(28(22)7)14-33-32-24/h10,13-16,20-21,25-26,33H,9,11-12H2,1-8H3/b17-10+,23-18+/t15-,16+,20?,21?/m0/s1. The molecule has 184 valence electrons. The number of allylic oxidation sites excluding steroid dienone is 3. The first-order chi connectivity index (χ1) is 15.9. The molecule has 2 aromatic heterocycles. The number of imidazole rings is 1. The molecule has 0 fully saturated rings. The van der Waals surface area contributed by atoms with E-state index in [0.29, 0.717) is 11.2 Å². The summed E-state index contributed by atoms with van der Waals surface area (Å²) in [7, 11) is 6.20. The Bertz CT molecular complexity index is 962. The molecule has 2 N–H and O–H groups in total. The van der Waals surface area contributed by atoms with Gasteiger partial charge in [0.05, 0.1) is 24.0 Å². The minimum absolute atomic E-state index is 0.0860. The van der Waals surface area contributed by atoms with Gasteiger partial charge in [0.1, 0.15) is 16.9 Å². The summed E-state index contributed by atoms with van der Waals surface area (Å²) in [4.78, 5) is 18.4. The number of fused-ring (bicyclic) bond motifs is 1. The van der Waals surface area contributed by atoms with Crippen molar-refractivity contribution in [3.05, 3.63) is 28.3 Å². The lowest BCUT2D eigenvalue weighted by Gasteiger charge is -2.30. The zero-order valence-corrected chi connectivity index (χ0v) is 24.9. The largest absolute Gasteiger partial charge is 0.385 e. The van der Waals surface area contributed by atoms with Gasteiger partial charge in [-0.1, -0.05) is 40.2 Å². The van der Waals surface area contributed by atoms with E-state index in [-0.39, 0.29) is 19.4 Å². The molecule has 0 aliphatic heterocycles. The quantitative estimate of drug-likeness (QED) is 0.261. The van der Waals surface area contributed by atoms with E-state index in [0.717, 1.165) is 41.9 Å². The fourth-order valence-electron chi connectivity index (χ4n) is 4.03. The molecule has 4 atom stereocenters. The van der Waals surface area contributed by atoms with E-state index in [9.17, 15) is 4.79 Å². The number of hydrogen-bond acceptors (Lipinski definition) is 7. The SMILES string of the molecule is C/C=C(/c1nc2s[siH]cc2n1C)[C@@H](C)C(C=O)SC(CN/C(CC)=C(\NC)SC)[C@@H](C)CC. The third kappa shape index (κ3) is 6.77. The van der Waals surface area contributed by atoms with Gasteiger partial charge in [-0.3, -0.25) is 0 Å². The number of nitrogens with one attached hydrogen (secondary N) is 2. The van der Waals surface area contributed by atoms with Gasteiger partial charge < -0.3 is 20.0 Å². The number of carbonyl (C=O) groups excluding carboxylic acids is 1. The van der Waals surface area contributed by atoms with Crippen LogP contribution in [0.2, 0.25) is 0 Å². The summed E-state index contributed by atoms with van der Waals surface area (Å²) in [5.41, 5.74) is 5.95. The Kier molecular flexibility index (Phi) is 11.8. The van der Waals surface area contributed by atoms with Gasteiger partial charge in [0, 0.05) is 37.5 Å². The van der Waals surface area contributed by atoms with Crippen molar-refractivity contribution < 1.29 is 4.79 Å². The van der Waals surface area contributed by atoms with Gasteiger partial charge in [-0.15, -0.1) is 23.5 Å². The number of aromatic nitrogens is 2. The van der Waals surface area contributed by atoms with Crippen LogP contribution >= 0.6 is 34.3 Å². The van der Waals surface area contributed by atoms with Crippen LogP contribution in [0.5, 0.6) is 0 Å². The van der Waals surface area contributed by atoms with Gasteiger partial charge in [-0.05, 0) is 36.8 Å². The van der Waals surface area contributed by atoms with E-state index in [4.69, 9.17) is 4.98 Å². The van der Waals surface area contributed by atoms with Crippen molar-refractivity contribution in [2.24, 2.45) is 18.9 Å². The monoisotopic (exact) mass is 524 g/mol. The Balaban J connectivity index is 2.24. The zero-order valence-electron chi connectivity index (χ0n) is 21.3. The van der Waals surface area contributed by atoms with Crippen molar-refractivity contribution in [3.63, 3.8) is 0 Å². The number of nitrogens with zero attached hydrogens (tertiary/aromatic N) is 2. The lowest BCUT2D eigenvalue weighted by molar-refractivity contribution is -0.107. The predicted molar refractivity (Wildman–Crippen MR) is 153 cm³/mol. The third-order valence-corrected chi connectivity index (χ3v) is 11.7. The van der Waals surface area contributed by atoms with E-state index >= 15 is 0 Å². The summed E-state index contributed by atoms with van der Waals surface area (Å²) in [5.74, 6) is 1.59. The number of rotatable bonds is 14. The molecule has 0 aromatic carbocycles. The summed E-state index contributed by atoms with van der Waals surface area (Å²) in [6.45, 7) is 11.8. The topological polar surface area (TPSA) is 59.0 Å². The molecule has 0 radical (unpaired) electrons. The Morgan fingerprint density at radius 3 is 2.61 bits per heavy atom. The molecule has 0 saturated heterocycles. The van der Waals surface area contributed by atoms with Crippen LogP contribution in [-0.2, 0) is 11.8 Å². The molecular weight excluding hydrogens is 485 g/mol. The maximum Gasteiger partial charge on any atom is 0.137 e. The third-order valence-electron chi connectivity index (χ3n) is 6.38. The molecule has 2 heterocycles. The highest BCUT2D eigenvalue weighted by atomic mass is 32.3. The summed E-state index contributed by atoms with van der Waals surface area (Å²) in [5, 5.41) is 8.39. The van der Waals surface area contributed by atoms with E-state index in [1.165, 1.54) is 16.2 Å². The summed E-state index contributed by atoms with van der Waals surface area (Å²) >= 11 is 3.55. The van der Waals surface area contributed by atoms with Gasteiger partial charge >= 0.3 is 0 Å². The average molecular weight is 525 g/mol. The molecule has 0 saturated carbocycles. The Morgan fingerprint density at radius 2 is 2.09 bits per heavy atom. The van der Waals surface area contributed by atoms with E-state index in [1.807, 2.05) is 29.6 Å². The lowest BCUT2D eigenvalue weighted by Crippen LogP contribution is -2.33. The van der Waals surface area contributed by atoms with Gasteiger partial charge in [-0.2, -0.15) is 10.8 Å². The zero-order chi connectivity index (χ0) is 24.5. The molecule has 5 nitrogen and oxygen atoms in total. The van der Waals surface area contributed by atoms with Crippen molar-refractivity contribution >= 4 is 64.7 Å². The molecule has 2 aromatic rings. The number of hydrogen-bond donors (Lipinski definition) is 2. The summed E-state index contributed by atoms with van der Waals surface area (Å²) in [6.07, 6.45) is 7.42. The molecular formula is C24H40N4OS3Si. The number of aryl methyl sites for hydroxylation is 1. The van der Waals surface area contributed by atoms with Crippen LogP contribution in [0, 0.1) is 11.8 Å². The summed E-state index contributed by atoms with van der Waals surface area (Å²) in [6, 6.07) is 0. The number of carbonyl (C=O) groups is 1. The van der Waals surface area contributed by atoms with Crippen molar-refractivity contribution in [3.8, 4) is 0 Å². The lowest BCUT2D eigenvalue weighted by atomic mass is 9.96. The minimum Gasteiger partial charge on any atom is -0.385 e. The number of aldehydes is 1. The van der Waals surface area contributed by atoms with E-state index in [1.54, 1.807) is 11.8 Å². The molecule has 0 amide bonds. The molecule has 2 unspecified atom stereocenters. The Morgan fingerprint density at radius 1 is 1.36 bits per heavy atom. The normalized spacial score (nSPS) is 16.8. The van der Waals surface area contributed by atoms with Crippen LogP contribution in [0.15, 0.2) is 22.5 Å². The molecule has 2 rings (SSSR count). The fraction of sp³-hybridized carbons (Fsp3) is 0.625. The first kappa shape index (κ1) is 28.2. The van der Waals surface area contributed by atoms with Crippen molar-refractivity contribution in [2.75, 3.05) is 19.8 Å². The van der Waals surface area contributed by atoms with Crippen LogP contribution in [0.25, 0.3) is 15.9 Å². The minimum atomic E-state index is -0.121. The molecule has 9 heteroatoms. The Labute approximate surface area is 214 Å². The Hall–Kier alpha value is -1.03. The fourth-order valence-corrected chi connectivity index (χ4v) is 8.98. The first-order valence-corrected chi connectivity index (χ1v) is 16.8. The van der Waals surface area contributed by atoms with Crippen LogP contribution < -0.4 is 10.6 Å². The predicted octanol–water partition coefficient (Wildman–Crippen LogP) is 5.21. The van der Waals surface area contributed by atoms with Crippen molar-refractivity contribution in [1.29, 1.82) is 0 Å². The van der Waals surface area contributed by atoms with Crippen molar-refractivity contribution in [2.45, 2.75) is 58.0 Å². The van der Waals surface area contributed by atoms with Crippen LogP contribution in [0.3, 0.4) is 0 Å².